The number of rotatable bonds is 5. The smallest absolute Gasteiger partial charge is 0.870 e. The van der Waals surface area contributed by atoms with E-state index in [2.05, 4.69) is 9.97 Å². The molecular formula is C26H21MnN2O6. The van der Waals surface area contributed by atoms with Gasteiger partial charge < -0.3 is 29.6 Å². The molecule has 0 unspecified atom stereocenters. The zero-order chi connectivity index (χ0) is 24.7. The third-order valence-electron chi connectivity index (χ3n) is 4.71. The Balaban J connectivity index is 0.000000804. The number of aliphatic carboxylic acids is 1. The maximum atomic E-state index is 12.6. The molecule has 178 valence electrons. The van der Waals surface area contributed by atoms with Gasteiger partial charge >= 0.3 is 17.1 Å². The summed E-state index contributed by atoms with van der Waals surface area (Å²) in [5.74, 6) is -1.00. The second-order valence-electron chi connectivity index (χ2n) is 6.98. The van der Waals surface area contributed by atoms with Gasteiger partial charge in [-0.05, 0) is 54.4 Å². The zero-order valence-corrected chi connectivity index (χ0v) is 20.3. The number of hydrogen-bond donors (Lipinski definition) is 0. The molecule has 0 aliphatic rings. The molecule has 0 aliphatic carbocycles. The first kappa shape index (κ1) is 27.2. The molecular weight excluding hydrogens is 491 g/mol. The minimum absolute atomic E-state index is 0. The molecule has 2 aromatic heterocycles. The number of pyridine rings is 2. The topological polar surface area (TPSA) is 130 Å². The molecule has 0 saturated carbocycles. The standard InChI is InChI=1S/C24H20N2O4.C2H4O2.Mn/c1-29-21-13-3-7-15(23(21)27)17-9-5-11-19(25-17)20-12-6-10-18(26-20)16-8-4-14-22(30-2)24(16)28;1-2(3)4;/h3-14,27-28H,1-2H3;1H3,(H,3,4);/q;;+3/p-3. The molecule has 4 rings (SSSR count). The second kappa shape index (κ2) is 12.4. The largest absolute Gasteiger partial charge is 3.00 e. The molecule has 2 aromatic carbocycles. The Morgan fingerprint density at radius 1 is 0.657 bits per heavy atom. The molecule has 0 aliphatic heterocycles. The van der Waals surface area contributed by atoms with Crippen molar-refractivity contribution in [1.82, 2.24) is 9.97 Å². The van der Waals surface area contributed by atoms with E-state index in [9.17, 15) is 10.2 Å². The fourth-order valence-corrected chi connectivity index (χ4v) is 3.21. The van der Waals surface area contributed by atoms with Crippen molar-refractivity contribution in [2.24, 2.45) is 0 Å². The van der Waals surface area contributed by atoms with Gasteiger partial charge in [0.1, 0.15) is 11.5 Å². The SMILES string of the molecule is CC(=O)[O-].COc1cccc(-c2cccc(-c3cccc(-c4cccc(OC)c4[O-])n3)n2)c1[O-].[Mn+3]. The van der Waals surface area contributed by atoms with Gasteiger partial charge in [0.2, 0.25) is 0 Å². The Morgan fingerprint density at radius 3 is 1.31 bits per heavy atom. The van der Waals surface area contributed by atoms with Crippen molar-refractivity contribution in [3.63, 3.8) is 0 Å². The van der Waals surface area contributed by atoms with Crippen LogP contribution in [0.5, 0.6) is 23.0 Å². The van der Waals surface area contributed by atoms with Crippen LogP contribution in [0.4, 0.5) is 0 Å². The normalized spacial score (nSPS) is 9.80. The summed E-state index contributed by atoms with van der Waals surface area (Å²) >= 11 is 0. The molecule has 0 amide bonds. The summed E-state index contributed by atoms with van der Waals surface area (Å²) in [6.45, 7) is 0.972. The first-order chi connectivity index (χ1) is 16.3. The van der Waals surface area contributed by atoms with E-state index >= 15 is 0 Å². The van der Waals surface area contributed by atoms with Gasteiger partial charge in [0.05, 0.1) is 37.0 Å². The van der Waals surface area contributed by atoms with E-state index in [1.807, 2.05) is 24.3 Å². The van der Waals surface area contributed by atoms with Gasteiger partial charge in [-0.3, -0.25) is 0 Å². The maximum absolute atomic E-state index is 12.6. The summed E-state index contributed by atoms with van der Waals surface area (Å²) in [5.41, 5.74) is 3.12. The number of carbonyl (C=O) groups is 1. The number of nitrogens with zero attached hydrogens (tertiary/aromatic N) is 2. The van der Waals surface area contributed by atoms with Crippen molar-refractivity contribution < 1.29 is 46.7 Å². The monoisotopic (exact) mass is 512 g/mol. The van der Waals surface area contributed by atoms with Crippen LogP contribution in [0.25, 0.3) is 33.9 Å². The van der Waals surface area contributed by atoms with Crippen molar-refractivity contribution in [2.45, 2.75) is 6.92 Å². The summed E-state index contributed by atoms with van der Waals surface area (Å²) in [7, 11) is 2.92. The molecule has 0 spiro atoms. The minimum Gasteiger partial charge on any atom is -0.870 e. The molecule has 0 atom stereocenters. The summed E-state index contributed by atoms with van der Waals surface area (Å²) in [4.78, 5) is 18.1. The minimum atomic E-state index is -1.08. The fourth-order valence-electron chi connectivity index (χ4n) is 3.21. The van der Waals surface area contributed by atoms with Crippen LogP contribution in [-0.4, -0.2) is 30.2 Å². The van der Waals surface area contributed by atoms with Crippen LogP contribution in [0.2, 0.25) is 0 Å². The quantitative estimate of drug-likeness (QED) is 0.373. The van der Waals surface area contributed by atoms with Gasteiger partial charge in [0, 0.05) is 5.97 Å². The predicted octanol–water partition coefficient (Wildman–Crippen LogP) is 2.40. The van der Waals surface area contributed by atoms with Gasteiger partial charge in [-0.2, -0.15) is 0 Å². The number of para-hydroxylation sites is 2. The maximum Gasteiger partial charge on any atom is 3.00 e. The summed E-state index contributed by atoms with van der Waals surface area (Å²) in [6.07, 6.45) is 0. The Bertz CT molecular complexity index is 1210. The van der Waals surface area contributed by atoms with Gasteiger partial charge in [-0.25, -0.2) is 9.97 Å². The zero-order valence-electron chi connectivity index (χ0n) is 19.2. The number of benzene rings is 2. The molecule has 0 N–H and O–H groups in total. The third kappa shape index (κ3) is 6.50. The fraction of sp³-hybridized carbons (Fsp3) is 0.115. The van der Waals surface area contributed by atoms with Crippen molar-refractivity contribution in [3.8, 4) is 56.9 Å². The number of aromatic nitrogens is 2. The van der Waals surface area contributed by atoms with Crippen molar-refractivity contribution in [3.05, 3.63) is 72.8 Å². The Morgan fingerprint density at radius 2 is 0.971 bits per heavy atom. The molecule has 0 saturated heterocycles. The number of carboxylic acids is 1. The van der Waals surface area contributed by atoms with Crippen LogP contribution in [0.1, 0.15) is 6.92 Å². The van der Waals surface area contributed by atoms with E-state index in [4.69, 9.17) is 19.4 Å². The van der Waals surface area contributed by atoms with Crippen LogP contribution in [0, 0.1) is 0 Å². The van der Waals surface area contributed by atoms with E-state index < -0.39 is 5.97 Å². The molecule has 0 radical (unpaired) electrons. The average molecular weight is 512 g/mol. The van der Waals surface area contributed by atoms with Crippen LogP contribution >= 0.6 is 0 Å². The predicted molar refractivity (Wildman–Crippen MR) is 121 cm³/mol. The second-order valence-corrected chi connectivity index (χ2v) is 6.98. The van der Waals surface area contributed by atoms with Crippen LogP contribution in [-0.2, 0) is 21.9 Å². The van der Waals surface area contributed by atoms with E-state index in [0.29, 0.717) is 33.9 Å². The van der Waals surface area contributed by atoms with Crippen LogP contribution < -0.4 is 24.8 Å². The van der Waals surface area contributed by atoms with Crippen LogP contribution in [0.15, 0.2) is 72.8 Å². The molecule has 35 heavy (non-hydrogen) atoms. The number of carbonyl (C=O) groups excluding carboxylic acids is 1. The van der Waals surface area contributed by atoms with Gasteiger partial charge in [0.25, 0.3) is 0 Å². The molecule has 2 heterocycles. The average Bonchev–Trinajstić information content (AvgIpc) is 2.84. The van der Waals surface area contributed by atoms with Gasteiger partial charge in [-0.15, -0.1) is 0 Å². The first-order valence-electron chi connectivity index (χ1n) is 10.2. The Hall–Kier alpha value is -4.07. The van der Waals surface area contributed by atoms with E-state index in [0.717, 1.165) is 6.92 Å². The molecule has 4 aromatic rings. The van der Waals surface area contributed by atoms with E-state index in [-0.39, 0.29) is 40.1 Å². The summed E-state index contributed by atoms with van der Waals surface area (Å²) < 4.78 is 10.2. The van der Waals surface area contributed by atoms with Gasteiger partial charge in [-0.1, -0.05) is 47.9 Å². The Kier molecular flexibility index (Phi) is 9.63. The number of ether oxygens (including phenoxy) is 2. The van der Waals surface area contributed by atoms with Gasteiger partial charge in [0.15, 0.2) is 0 Å². The van der Waals surface area contributed by atoms with Crippen molar-refractivity contribution in [2.75, 3.05) is 14.2 Å². The third-order valence-corrected chi connectivity index (χ3v) is 4.71. The molecule has 9 heteroatoms. The number of carboxylic acid groups (broad SMARTS) is 1. The van der Waals surface area contributed by atoms with E-state index in [1.54, 1.807) is 48.5 Å². The number of hydrogen-bond acceptors (Lipinski definition) is 8. The van der Waals surface area contributed by atoms with Crippen LogP contribution in [0.3, 0.4) is 0 Å². The first-order valence-corrected chi connectivity index (χ1v) is 10.2. The number of methoxy groups -OCH3 is 2. The Labute approximate surface area is 213 Å². The molecule has 0 bridgehead atoms. The summed E-state index contributed by atoms with van der Waals surface area (Å²) in [5, 5.41) is 34.0. The van der Waals surface area contributed by atoms with Crippen molar-refractivity contribution in [1.29, 1.82) is 0 Å². The molecule has 0 fully saturated rings. The van der Waals surface area contributed by atoms with E-state index in [1.165, 1.54) is 14.2 Å². The molecule has 8 nitrogen and oxygen atoms in total. The summed E-state index contributed by atoms with van der Waals surface area (Å²) in [6, 6.07) is 20.9. The van der Waals surface area contributed by atoms with Crippen molar-refractivity contribution >= 4 is 5.97 Å².